The van der Waals surface area contributed by atoms with Crippen molar-refractivity contribution in [2.24, 2.45) is 0 Å². The number of nitrogens with zero attached hydrogens (tertiary/aromatic N) is 2. The Hall–Kier alpha value is -3.77. The third-order valence-corrected chi connectivity index (χ3v) is 5.54. The minimum absolute atomic E-state index is 0.158. The molecular weight excluding hydrogens is 412 g/mol. The molecule has 6 heteroatoms. The predicted octanol–water partition coefficient (Wildman–Crippen LogP) is 5.60. The minimum atomic E-state index is -0.158. The molecule has 4 aromatic rings. The molecule has 3 aromatic carbocycles. The molecule has 0 aliphatic heterocycles. The molecule has 1 heterocycles. The first-order chi connectivity index (χ1) is 16.0. The molecule has 0 spiro atoms. The van der Waals surface area contributed by atoms with E-state index in [4.69, 9.17) is 4.74 Å². The lowest BCUT2D eigenvalue weighted by Gasteiger charge is -2.11. The van der Waals surface area contributed by atoms with Crippen molar-refractivity contribution in [2.75, 3.05) is 38.4 Å². The lowest BCUT2D eigenvalue weighted by molar-refractivity contribution is 0.102. The summed E-state index contributed by atoms with van der Waals surface area (Å²) in [6.07, 6.45) is 3.26. The summed E-state index contributed by atoms with van der Waals surface area (Å²) in [5.74, 6) is 0.592. The summed E-state index contributed by atoms with van der Waals surface area (Å²) >= 11 is 0. The zero-order chi connectivity index (χ0) is 23.2. The first kappa shape index (κ1) is 22.4. The summed E-state index contributed by atoms with van der Waals surface area (Å²) in [7, 11) is 5.82. The maximum Gasteiger partial charge on any atom is 0.255 e. The van der Waals surface area contributed by atoms with E-state index in [1.807, 2.05) is 42.5 Å². The van der Waals surface area contributed by atoms with Crippen LogP contribution in [0, 0.1) is 0 Å². The van der Waals surface area contributed by atoms with Gasteiger partial charge in [0.25, 0.3) is 5.91 Å². The number of aromatic nitrogens is 1. The van der Waals surface area contributed by atoms with Gasteiger partial charge in [0.2, 0.25) is 0 Å². The van der Waals surface area contributed by atoms with E-state index in [0.29, 0.717) is 5.56 Å². The monoisotopic (exact) mass is 442 g/mol. The Morgan fingerprint density at radius 3 is 2.45 bits per heavy atom. The van der Waals surface area contributed by atoms with Gasteiger partial charge in [0, 0.05) is 46.3 Å². The van der Waals surface area contributed by atoms with Gasteiger partial charge in [0.15, 0.2) is 0 Å². The lowest BCUT2D eigenvalue weighted by atomic mass is 10.1. The topological polar surface area (TPSA) is 58.5 Å². The Labute approximate surface area is 194 Å². The highest BCUT2D eigenvalue weighted by Crippen LogP contribution is 2.24. The standard InChI is InChI=1S/C27H30N4O2/c1-30(2)15-5-16-31-17-14-20-18-24(10-13-26(20)31)28-23-7-4-6-21(19-23)27(32)29-22-8-11-25(33-3)12-9-22/h4,6-14,17-19,28H,5,15-16H2,1-3H3,(H,29,32). The highest BCUT2D eigenvalue weighted by atomic mass is 16.5. The smallest absolute Gasteiger partial charge is 0.255 e. The van der Waals surface area contributed by atoms with E-state index in [9.17, 15) is 4.79 Å². The fourth-order valence-electron chi connectivity index (χ4n) is 3.81. The molecule has 2 N–H and O–H groups in total. The molecule has 1 amide bonds. The van der Waals surface area contributed by atoms with Gasteiger partial charge >= 0.3 is 0 Å². The fraction of sp³-hybridized carbons (Fsp3) is 0.222. The van der Waals surface area contributed by atoms with Crippen molar-refractivity contribution in [1.29, 1.82) is 0 Å². The number of hydrogen-bond donors (Lipinski definition) is 2. The molecular formula is C27H30N4O2. The van der Waals surface area contributed by atoms with Gasteiger partial charge in [-0.15, -0.1) is 0 Å². The number of nitrogens with one attached hydrogen (secondary N) is 2. The molecule has 0 aliphatic rings. The van der Waals surface area contributed by atoms with Crippen molar-refractivity contribution in [3.8, 4) is 5.75 Å². The van der Waals surface area contributed by atoms with Gasteiger partial charge in [-0.05, 0) is 93.8 Å². The number of benzene rings is 3. The number of anilines is 3. The fourth-order valence-corrected chi connectivity index (χ4v) is 3.81. The summed E-state index contributed by atoms with van der Waals surface area (Å²) in [6.45, 7) is 2.07. The molecule has 0 saturated carbocycles. The van der Waals surface area contributed by atoms with Crippen molar-refractivity contribution < 1.29 is 9.53 Å². The largest absolute Gasteiger partial charge is 0.497 e. The van der Waals surface area contributed by atoms with E-state index < -0.39 is 0 Å². The summed E-state index contributed by atoms with van der Waals surface area (Å²) in [5, 5.41) is 7.54. The van der Waals surface area contributed by atoms with Crippen molar-refractivity contribution >= 4 is 33.9 Å². The summed E-state index contributed by atoms with van der Waals surface area (Å²) in [6, 6.07) is 23.3. The molecule has 6 nitrogen and oxygen atoms in total. The van der Waals surface area contributed by atoms with Gasteiger partial charge in [-0.3, -0.25) is 4.79 Å². The van der Waals surface area contributed by atoms with E-state index in [-0.39, 0.29) is 5.91 Å². The van der Waals surface area contributed by atoms with Crippen LogP contribution < -0.4 is 15.4 Å². The van der Waals surface area contributed by atoms with Crippen LogP contribution in [0.4, 0.5) is 17.1 Å². The molecule has 170 valence electrons. The van der Waals surface area contributed by atoms with E-state index in [2.05, 4.69) is 64.7 Å². The van der Waals surface area contributed by atoms with Gasteiger partial charge < -0.3 is 24.8 Å². The number of ether oxygens (including phenoxy) is 1. The van der Waals surface area contributed by atoms with E-state index >= 15 is 0 Å². The normalized spacial score (nSPS) is 11.0. The molecule has 33 heavy (non-hydrogen) atoms. The SMILES string of the molecule is COc1ccc(NC(=O)c2cccc(Nc3ccc4c(ccn4CCCN(C)C)c3)c2)cc1. The van der Waals surface area contributed by atoms with Crippen LogP contribution in [0.5, 0.6) is 5.75 Å². The van der Waals surface area contributed by atoms with Crippen molar-refractivity contribution in [3.63, 3.8) is 0 Å². The number of rotatable bonds is 9. The molecule has 0 radical (unpaired) electrons. The van der Waals surface area contributed by atoms with E-state index in [0.717, 1.165) is 42.3 Å². The molecule has 0 fully saturated rings. The number of aryl methyl sites for hydroxylation is 1. The van der Waals surface area contributed by atoms with Gasteiger partial charge in [0.1, 0.15) is 5.75 Å². The number of carbonyl (C=O) groups is 1. The summed E-state index contributed by atoms with van der Waals surface area (Å²) in [5.41, 5.74) is 4.39. The minimum Gasteiger partial charge on any atom is -0.497 e. The van der Waals surface area contributed by atoms with Crippen LogP contribution in [0.15, 0.2) is 79.0 Å². The van der Waals surface area contributed by atoms with Crippen LogP contribution in [0.1, 0.15) is 16.8 Å². The maximum atomic E-state index is 12.7. The summed E-state index contributed by atoms with van der Waals surface area (Å²) < 4.78 is 7.46. The first-order valence-electron chi connectivity index (χ1n) is 11.1. The van der Waals surface area contributed by atoms with Gasteiger partial charge in [0.05, 0.1) is 7.11 Å². The van der Waals surface area contributed by atoms with Crippen LogP contribution in [0.25, 0.3) is 10.9 Å². The second-order valence-electron chi connectivity index (χ2n) is 8.33. The Morgan fingerprint density at radius 1 is 0.939 bits per heavy atom. The Kier molecular flexibility index (Phi) is 6.95. The third-order valence-electron chi connectivity index (χ3n) is 5.54. The number of carbonyl (C=O) groups excluding carboxylic acids is 1. The molecule has 1 aromatic heterocycles. The van der Waals surface area contributed by atoms with Crippen LogP contribution in [-0.2, 0) is 6.54 Å². The quantitative estimate of drug-likeness (QED) is 0.354. The zero-order valence-electron chi connectivity index (χ0n) is 19.3. The van der Waals surface area contributed by atoms with Crippen molar-refractivity contribution in [1.82, 2.24) is 9.47 Å². The molecule has 0 aliphatic carbocycles. The Morgan fingerprint density at radius 2 is 1.70 bits per heavy atom. The second-order valence-corrected chi connectivity index (χ2v) is 8.33. The Bertz CT molecular complexity index is 1230. The average Bonchev–Trinajstić information content (AvgIpc) is 3.21. The highest BCUT2D eigenvalue weighted by Gasteiger charge is 2.08. The van der Waals surface area contributed by atoms with Gasteiger partial charge in [-0.1, -0.05) is 6.07 Å². The van der Waals surface area contributed by atoms with Gasteiger partial charge in [-0.2, -0.15) is 0 Å². The van der Waals surface area contributed by atoms with Crippen LogP contribution in [0.2, 0.25) is 0 Å². The maximum absolute atomic E-state index is 12.7. The van der Waals surface area contributed by atoms with Crippen LogP contribution >= 0.6 is 0 Å². The Balaban J connectivity index is 1.43. The van der Waals surface area contributed by atoms with Crippen molar-refractivity contribution in [3.05, 3.63) is 84.6 Å². The van der Waals surface area contributed by atoms with Crippen LogP contribution in [-0.4, -0.2) is 43.1 Å². The van der Waals surface area contributed by atoms with Crippen molar-refractivity contribution in [2.45, 2.75) is 13.0 Å². The number of hydrogen-bond acceptors (Lipinski definition) is 4. The number of fused-ring (bicyclic) bond motifs is 1. The molecule has 0 bridgehead atoms. The number of methoxy groups -OCH3 is 1. The molecule has 0 atom stereocenters. The predicted molar refractivity (Wildman–Crippen MR) is 136 cm³/mol. The van der Waals surface area contributed by atoms with E-state index in [1.165, 1.54) is 10.9 Å². The molecule has 4 rings (SSSR count). The van der Waals surface area contributed by atoms with Crippen LogP contribution in [0.3, 0.4) is 0 Å². The highest BCUT2D eigenvalue weighted by molar-refractivity contribution is 6.05. The number of amides is 1. The van der Waals surface area contributed by atoms with E-state index in [1.54, 1.807) is 13.2 Å². The van der Waals surface area contributed by atoms with Gasteiger partial charge in [-0.25, -0.2) is 0 Å². The first-order valence-corrected chi connectivity index (χ1v) is 11.1. The molecule has 0 unspecified atom stereocenters. The zero-order valence-corrected chi connectivity index (χ0v) is 19.3. The molecule has 0 saturated heterocycles. The second kappa shape index (κ2) is 10.2. The lowest BCUT2D eigenvalue weighted by Crippen LogP contribution is -2.14. The summed E-state index contributed by atoms with van der Waals surface area (Å²) in [4.78, 5) is 14.9. The third kappa shape index (κ3) is 5.73. The average molecular weight is 443 g/mol.